The Hall–Kier alpha value is -0.710. The van der Waals surface area contributed by atoms with E-state index in [1.807, 2.05) is 0 Å². The molecule has 12 heavy (non-hydrogen) atoms. The molecule has 0 amide bonds. The fourth-order valence-electron chi connectivity index (χ4n) is 0.815. The number of aryl methyl sites for hydroxylation is 1. The first kappa shape index (κ1) is 9.38. The Balaban J connectivity index is 3.31. The van der Waals surface area contributed by atoms with E-state index in [1.165, 1.54) is 6.07 Å². The molecule has 0 saturated carbocycles. The maximum Gasteiger partial charge on any atom is 0.278 e. The standard InChI is InChI=1S/C7H6BrF2NO/c1-3-2-4(6(9)10)11-7(12)5(3)8/h2,6H,1H3,(H,11,12). The highest BCUT2D eigenvalue weighted by Crippen LogP contribution is 2.18. The van der Waals surface area contributed by atoms with Crippen molar-refractivity contribution in [3.8, 4) is 0 Å². The highest BCUT2D eigenvalue weighted by atomic mass is 79.9. The summed E-state index contributed by atoms with van der Waals surface area (Å²) in [6, 6.07) is 1.25. The summed E-state index contributed by atoms with van der Waals surface area (Å²) in [7, 11) is 0. The van der Waals surface area contributed by atoms with E-state index in [0.29, 0.717) is 10.0 Å². The van der Waals surface area contributed by atoms with E-state index >= 15 is 0 Å². The van der Waals surface area contributed by atoms with Gasteiger partial charge in [-0.05, 0) is 34.5 Å². The summed E-state index contributed by atoms with van der Waals surface area (Å²) >= 11 is 2.97. The van der Waals surface area contributed by atoms with E-state index in [4.69, 9.17) is 0 Å². The lowest BCUT2D eigenvalue weighted by Crippen LogP contribution is -2.11. The molecule has 5 heteroatoms. The van der Waals surface area contributed by atoms with Gasteiger partial charge in [0.05, 0.1) is 10.2 Å². The number of hydrogen-bond donors (Lipinski definition) is 1. The van der Waals surface area contributed by atoms with Crippen LogP contribution in [0.3, 0.4) is 0 Å². The molecule has 0 atom stereocenters. The van der Waals surface area contributed by atoms with Gasteiger partial charge in [-0.1, -0.05) is 0 Å². The highest BCUT2D eigenvalue weighted by Gasteiger charge is 2.10. The van der Waals surface area contributed by atoms with Crippen molar-refractivity contribution in [2.75, 3.05) is 0 Å². The summed E-state index contributed by atoms with van der Waals surface area (Å²) in [6.07, 6.45) is -2.63. The van der Waals surface area contributed by atoms with Gasteiger partial charge in [0.15, 0.2) is 0 Å². The smallest absolute Gasteiger partial charge is 0.278 e. The van der Waals surface area contributed by atoms with Crippen LogP contribution in [0.4, 0.5) is 8.78 Å². The van der Waals surface area contributed by atoms with Gasteiger partial charge in [0, 0.05) is 0 Å². The van der Waals surface area contributed by atoms with Crippen LogP contribution < -0.4 is 5.56 Å². The summed E-state index contributed by atoms with van der Waals surface area (Å²) in [5.41, 5.74) is -0.361. The molecule has 2 nitrogen and oxygen atoms in total. The first-order valence-corrected chi connectivity index (χ1v) is 3.99. The summed E-state index contributed by atoms with van der Waals surface area (Å²) in [4.78, 5) is 13.0. The molecular weight excluding hydrogens is 232 g/mol. The van der Waals surface area contributed by atoms with Crippen LogP contribution in [0.1, 0.15) is 17.7 Å². The average Bonchev–Trinajstić information content (AvgIpc) is 1.99. The minimum Gasteiger partial charge on any atom is -0.320 e. The number of pyridine rings is 1. The van der Waals surface area contributed by atoms with Crippen LogP contribution in [0.2, 0.25) is 0 Å². The third-order valence-corrected chi connectivity index (χ3v) is 2.40. The number of nitrogens with one attached hydrogen (secondary N) is 1. The predicted molar refractivity (Wildman–Crippen MR) is 44.5 cm³/mol. The molecule has 1 rings (SSSR count). The van der Waals surface area contributed by atoms with Gasteiger partial charge in [-0.25, -0.2) is 8.78 Å². The number of aromatic amines is 1. The average molecular weight is 238 g/mol. The Kier molecular flexibility index (Phi) is 2.62. The second-order valence-electron chi connectivity index (χ2n) is 2.35. The lowest BCUT2D eigenvalue weighted by atomic mass is 10.2. The number of alkyl halides is 2. The van der Waals surface area contributed by atoms with Gasteiger partial charge in [0.1, 0.15) is 0 Å². The van der Waals surface area contributed by atoms with Crippen molar-refractivity contribution < 1.29 is 8.78 Å². The Labute approximate surface area is 75.7 Å². The molecule has 1 heterocycles. The Bertz CT molecular complexity index is 348. The summed E-state index contributed by atoms with van der Waals surface area (Å²) < 4.78 is 24.4. The SMILES string of the molecule is Cc1cc(C(F)F)[nH]c(=O)c1Br. The van der Waals surface area contributed by atoms with Crippen molar-refractivity contribution in [2.45, 2.75) is 13.3 Å². The Morgan fingerprint density at radius 3 is 2.58 bits per heavy atom. The molecule has 0 unspecified atom stereocenters. The third kappa shape index (κ3) is 1.72. The van der Waals surface area contributed by atoms with Crippen LogP contribution in [0.5, 0.6) is 0 Å². The van der Waals surface area contributed by atoms with Gasteiger partial charge < -0.3 is 4.98 Å². The Morgan fingerprint density at radius 1 is 1.58 bits per heavy atom. The van der Waals surface area contributed by atoms with Gasteiger partial charge in [-0.15, -0.1) is 0 Å². The minimum atomic E-state index is -2.63. The monoisotopic (exact) mass is 237 g/mol. The molecular formula is C7H6BrF2NO. The van der Waals surface area contributed by atoms with E-state index in [0.717, 1.165) is 0 Å². The minimum absolute atomic E-state index is 0.298. The second kappa shape index (κ2) is 3.35. The molecule has 0 aromatic carbocycles. The number of hydrogen-bond acceptors (Lipinski definition) is 1. The zero-order chi connectivity index (χ0) is 9.30. The summed E-state index contributed by atoms with van der Waals surface area (Å²) in [5.74, 6) is 0. The van der Waals surface area contributed by atoms with Crippen LogP contribution in [0.25, 0.3) is 0 Å². The van der Waals surface area contributed by atoms with E-state index < -0.39 is 12.0 Å². The zero-order valence-corrected chi connectivity index (χ0v) is 7.78. The van der Waals surface area contributed by atoms with Gasteiger partial charge in [-0.3, -0.25) is 4.79 Å². The van der Waals surface area contributed by atoms with Crippen molar-refractivity contribution in [1.82, 2.24) is 4.98 Å². The number of H-pyrrole nitrogens is 1. The van der Waals surface area contributed by atoms with Crippen molar-refractivity contribution in [2.24, 2.45) is 0 Å². The molecule has 0 fully saturated rings. The maximum absolute atomic E-state index is 12.1. The molecule has 0 aliphatic rings. The van der Waals surface area contributed by atoms with Crippen molar-refractivity contribution >= 4 is 15.9 Å². The van der Waals surface area contributed by atoms with E-state index in [1.54, 1.807) is 6.92 Å². The molecule has 0 bridgehead atoms. The molecule has 66 valence electrons. The van der Waals surface area contributed by atoms with Crippen molar-refractivity contribution in [3.63, 3.8) is 0 Å². The first-order valence-electron chi connectivity index (χ1n) is 3.20. The van der Waals surface area contributed by atoms with Crippen LogP contribution in [0.15, 0.2) is 15.3 Å². The van der Waals surface area contributed by atoms with Gasteiger partial charge in [-0.2, -0.15) is 0 Å². The maximum atomic E-state index is 12.1. The molecule has 0 aliphatic heterocycles. The molecule has 0 aliphatic carbocycles. The normalized spacial score (nSPS) is 10.8. The number of rotatable bonds is 1. The van der Waals surface area contributed by atoms with Crippen molar-refractivity contribution in [1.29, 1.82) is 0 Å². The molecule has 1 aromatic rings. The summed E-state index contributed by atoms with van der Waals surface area (Å²) in [5, 5.41) is 0. The zero-order valence-electron chi connectivity index (χ0n) is 6.20. The lowest BCUT2D eigenvalue weighted by molar-refractivity contribution is 0.145. The van der Waals surface area contributed by atoms with Gasteiger partial charge in [0.2, 0.25) is 0 Å². The quantitative estimate of drug-likeness (QED) is 0.800. The molecule has 0 saturated heterocycles. The number of aromatic nitrogens is 1. The van der Waals surface area contributed by atoms with Crippen LogP contribution >= 0.6 is 15.9 Å². The third-order valence-electron chi connectivity index (χ3n) is 1.41. The second-order valence-corrected chi connectivity index (χ2v) is 3.14. The predicted octanol–water partition coefficient (Wildman–Crippen LogP) is 2.38. The molecule has 1 N–H and O–H groups in total. The van der Waals surface area contributed by atoms with Crippen LogP contribution in [-0.4, -0.2) is 4.98 Å². The Morgan fingerprint density at radius 2 is 2.17 bits per heavy atom. The fourth-order valence-corrected chi connectivity index (χ4v) is 1.03. The summed E-state index contributed by atoms with van der Waals surface area (Å²) in [6.45, 7) is 1.59. The van der Waals surface area contributed by atoms with Gasteiger partial charge >= 0.3 is 0 Å². The molecule has 0 spiro atoms. The lowest BCUT2D eigenvalue weighted by Gasteiger charge is -2.01. The van der Waals surface area contributed by atoms with E-state index in [9.17, 15) is 13.6 Å². The fraction of sp³-hybridized carbons (Fsp3) is 0.286. The first-order chi connectivity index (χ1) is 5.52. The highest BCUT2D eigenvalue weighted by molar-refractivity contribution is 9.10. The largest absolute Gasteiger partial charge is 0.320 e. The molecule has 1 aromatic heterocycles. The van der Waals surface area contributed by atoms with Crippen LogP contribution in [-0.2, 0) is 0 Å². The molecule has 0 radical (unpaired) electrons. The van der Waals surface area contributed by atoms with E-state index in [-0.39, 0.29) is 5.69 Å². The number of halogens is 3. The van der Waals surface area contributed by atoms with Gasteiger partial charge in [0.25, 0.3) is 12.0 Å². The topological polar surface area (TPSA) is 32.9 Å². The van der Waals surface area contributed by atoms with Crippen molar-refractivity contribution in [3.05, 3.63) is 32.2 Å². The van der Waals surface area contributed by atoms with Crippen LogP contribution in [0, 0.1) is 6.92 Å². The van der Waals surface area contributed by atoms with E-state index in [2.05, 4.69) is 20.9 Å².